The van der Waals surface area contributed by atoms with E-state index in [2.05, 4.69) is 27.6 Å². The number of benzene rings is 2. The monoisotopic (exact) mass is 588 g/mol. The van der Waals surface area contributed by atoms with E-state index in [1.165, 1.54) is 12.1 Å². The number of aromatic nitrogens is 2. The van der Waals surface area contributed by atoms with Gasteiger partial charge in [0.1, 0.15) is 5.60 Å². The number of halogens is 4. The molecule has 41 heavy (non-hydrogen) atoms. The van der Waals surface area contributed by atoms with Gasteiger partial charge >= 0.3 is 12.3 Å². The van der Waals surface area contributed by atoms with Gasteiger partial charge in [0.25, 0.3) is 5.91 Å². The van der Waals surface area contributed by atoms with Crippen molar-refractivity contribution in [1.82, 2.24) is 20.4 Å². The first-order valence-electron chi connectivity index (χ1n) is 12.7. The number of carbonyl (C=O) groups is 2. The predicted molar refractivity (Wildman–Crippen MR) is 152 cm³/mol. The Morgan fingerprint density at radius 2 is 1.66 bits per heavy atom. The molecule has 0 saturated carbocycles. The van der Waals surface area contributed by atoms with Crippen molar-refractivity contribution in [3.8, 4) is 28.8 Å². The van der Waals surface area contributed by atoms with Crippen LogP contribution in [0.5, 0.6) is 0 Å². The summed E-state index contributed by atoms with van der Waals surface area (Å²) < 4.78 is 49.4. The van der Waals surface area contributed by atoms with Crippen molar-refractivity contribution >= 4 is 23.6 Å². The summed E-state index contributed by atoms with van der Waals surface area (Å²) in [6.07, 6.45) is -5.46. The molecule has 1 aromatic heterocycles. The van der Waals surface area contributed by atoms with Crippen LogP contribution in [0.4, 0.5) is 18.0 Å². The molecule has 0 aliphatic carbocycles. The van der Waals surface area contributed by atoms with Crippen molar-refractivity contribution in [2.75, 3.05) is 6.54 Å². The van der Waals surface area contributed by atoms with E-state index in [9.17, 15) is 22.8 Å². The number of alkyl halides is 3. The first-order valence-corrected chi connectivity index (χ1v) is 13.1. The summed E-state index contributed by atoms with van der Waals surface area (Å²) in [5, 5.41) is 10.1. The molecule has 2 amide bonds. The van der Waals surface area contributed by atoms with E-state index >= 15 is 0 Å². The fraction of sp³-hybridized carbons (Fsp3) is 0.367. The van der Waals surface area contributed by atoms with Gasteiger partial charge in [0.15, 0.2) is 5.69 Å². The molecule has 0 fully saturated rings. The molecule has 0 aliphatic heterocycles. The third kappa shape index (κ3) is 8.51. The van der Waals surface area contributed by atoms with Crippen molar-refractivity contribution < 1.29 is 27.5 Å². The fourth-order valence-corrected chi connectivity index (χ4v) is 3.96. The van der Waals surface area contributed by atoms with E-state index in [0.29, 0.717) is 21.8 Å². The summed E-state index contributed by atoms with van der Waals surface area (Å²) in [5.41, 5.74) is -1.25. The number of amides is 2. The van der Waals surface area contributed by atoms with Gasteiger partial charge in [-0.05, 0) is 78.8 Å². The molecule has 11 heteroatoms. The van der Waals surface area contributed by atoms with Crippen LogP contribution >= 0.6 is 11.6 Å². The van der Waals surface area contributed by atoms with Gasteiger partial charge in [0.05, 0.1) is 23.5 Å². The minimum atomic E-state index is -4.77. The third-order valence-electron chi connectivity index (χ3n) is 5.43. The zero-order valence-electron chi connectivity index (χ0n) is 23.9. The first-order chi connectivity index (χ1) is 18.9. The molecule has 0 spiro atoms. The van der Waals surface area contributed by atoms with Gasteiger partial charge < -0.3 is 15.4 Å². The molecule has 0 unspecified atom stereocenters. The summed E-state index contributed by atoms with van der Waals surface area (Å²) in [6.45, 7) is 12.0. The molecule has 7 nitrogen and oxygen atoms in total. The number of nitrogens with zero attached hydrogens (tertiary/aromatic N) is 2. The Morgan fingerprint density at radius 3 is 2.22 bits per heavy atom. The van der Waals surface area contributed by atoms with Crippen molar-refractivity contribution in [1.29, 1.82) is 0 Å². The van der Waals surface area contributed by atoms with Crippen LogP contribution in [0.25, 0.3) is 16.9 Å². The van der Waals surface area contributed by atoms with E-state index in [4.69, 9.17) is 16.3 Å². The van der Waals surface area contributed by atoms with Crippen molar-refractivity contribution in [2.45, 2.75) is 65.8 Å². The molecule has 0 aliphatic rings. The minimum absolute atomic E-state index is 0.00455. The lowest BCUT2D eigenvalue weighted by Gasteiger charge is -2.19. The van der Waals surface area contributed by atoms with Crippen LogP contribution in [0.1, 0.15) is 68.7 Å². The molecule has 1 heterocycles. The first kappa shape index (κ1) is 31.6. The molecule has 0 radical (unpaired) electrons. The highest BCUT2D eigenvalue weighted by Crippen LogP contribution is 2.38. The SMILES string of the molecule is Cc1c(C(=O)NC(C)(C)C)nn(-c2ccc(C#CCNC(=O)OC(C)(C)C)cc2C(F)(F)F)c1-c1ccc(Cl)cc1. The Labute approximate surface area is 242 Å². The Hall–Kier alpha value is -3.97. The molecule has 0 saturated heterocycles. The van der Waals surface area contributed by atoms with Gasteiger partial charge in [-0.1, -0.05) is 35.6 Å². The second-order valence-electron chi connectivity index (χ2n) is 11.3. The number of alkyl carbamates (subject to hydrolysis) is 1. The lowest BCUT2D eigenvalue weighted by Crippen LogP contribution is -2.41. The van der Waals surface area contributed by atoms with Gasteiger partial charge in [-0.15, -0.1) is 0 Å². The van der Waals surface area contributed by atoms with Crippen LogP contribution in [0.15, 0.2) is 42.5 Å². The molecular weight excluding hydrogens is 557 g/mol. The molecular formula is C30H32ClF3N4O3. The zero-order valence-corrected chi connectivity index (χ0v) is 24.6. The minimum Gasteiger partial charge on any atom is -0.444 e. The molecule has 0 bridgehead atoms. The summed E-state index contributed by atoms with van der Waals surface area (Å²) in [4.78, 5) is 24.9. The van der Waals surface area contributed by atoms with E-state index in [-0.39, 0.29) is 23.5 Å². The van der Waals surface area contributed by atoms with Crippen molar-refractivity contribution in [3.63, 3.8) is 0 Å². The Balaban J connectivity index is 2.09. The quantitative estimate of drug-likeness (QED) is 0.324. The van der Waals surface area contributed by atoms with Crippen LogP contribution in [0, 0.1) is 18.8 Å². The standard InChI is InChI=1S/C30H32ClF3N4O3/c1-18-24(26(39)36-28(2,3)4)37-38(25(18)20-11-13-21(31)14-12-20)23-15-10-19(17-22(23)30(32,33)34)9-8-16-35-27(40)41-29(5,6)7/h10-15,17H,16H2,1-7H3,(H,35,40)(H,36,39). The number of hydrogen-bond acceptors (Lipinski definition) is 4. The Kier molecular flexibility index (Phi) is 9.14. The van der Waals surface area contributed by atoms with Gasteiger partial charge in [-0.2, -0.15) is 18.3 Å². The highest BCUT2D eigenvalue weighted by Gasteiger charge is 2.36. The predicted octanol–water partition coefficient (Wildman–Crippen LogP) is 6.92. The molecule has 0 atom stereocenters. The van der Waals surface area contributed by atoms with Gasteiger partial charge in [-0.25, -0.2) is 9.48 Å². The molecule has 218 valence electrons. The maximum Gasteiger partial charge on any atom is 0.418 e. The number of nitrogens with one attached hydrogen (secondary N) is 2. The lowest BCUT2D eigenvalue weighted by molar-refractivity contribution is -0.137. The normalized spacial score (nSPS) is 11.9. The summed E-state index contributed by atoms with van der Waals surface area (Å²) in [5.74, 6) is 4.75. The number of rotatable bonds is 4. The summed E-state index contributed by atoms with van der Waals surface area (Å²) in [6, 6.07) is 10.1. The second kappa shape index (κ2) is 11.9. The second-order valence-corrected chi connectivity index (χ2v) is 11.8. The van der Waals surface area contributed by atoms with Crippen LogP contribution < -0.4 is 10.6 Å². The third-order valence-corrected chi connectivity index (χ3v) is 5.68. The Bertz CT molecular complexity index is 1500. The van der Waals surface area contributed by atoms with E-state index < -0.39 is 34.9 Å². The van der Waals surface area contributed by atoms with Gasteiger partial charge in [0.2, 0.25) is 0 Å². The van der Waals surface area contributed by atoms with E-state index in [0.717, 1.165) is 10.7 Å². The van der Waals surface area contributed by atoms with Crippen LogP contribution in [0.2, 0.25) is 5.02 Å². The largest absolute Gasteiger partial charge is 0.444 e. The van der Waals surface area contributed by atoms with Crippen LogP contribution in [-0.4, -0.2) is 39.5 Å². The van der Waals surface area contributed by atoms with Gasteiger partial charge in [0, 0.05) is 27.3 Å². The van der Waals surface area contributed by atoms with Crippen LogP contribution in [-0.2, 0) is 10.9 Å². The molecule has 3 rings (SSSR count). The maximum atomic E-state index is 14.4. The zero-order chi connectivity index (χ0) is 30.8. The average molecular weight is 589 g/mol. The smallest absolute Gasteiger partial charge is 0.418 e. The highest BCUT2D eigenvalue weighted by molar-refractivity contribution is 6.30. The number of carbonyl (C=O) groups excluding carboxylic acids is 2. The molecule has 2 aromatic carbocycles. The number of hydrogen-bond donors (Lipinski definition) is 2. The van der Waals surface area contributed by atoms with Crippen LogP contribution in [0.3, 0.4) is 0 Å². The topological polar surface area (TPSA) is 85.3 Å². The van der Waals surface area contributed by atoms with Crippen molar-refractivity contribution in [2.24, 2.45) is 0 Å². The van der Waals surface area contributed by atoms with Crippen molar-refractivity contribution in [3.05, 3.63) is 69.9 Å². The number of ether oxygens (including phenoxy) is 1. The molecule has 2 N–H and O–H groups in total. The highest BCUT2D eigenvalue weighted by atomic mass is 35.5. The summed E-state index contributed by atoms with van der Waals surface area (Å²) in [7, 11) is 0. The lowest BCUT2D eigenvalue weighted by atomic mass is 10.0. The Morgan fingerprint density at radius 1 is 1.02 bits per heavy atom. The maximum absolute atomic E-state index is 14.4. The molecule has 3 aromatic rings. The van der Waals surface area contributed by atoms with Gasteiger partial charge in [-0.3, -0.25) is 4.79 Å². The van der Waals surface area contributed by atoms with E-state index in [1.807, 2.05) is 0 Å². The average Bonchev–Trinajstić information content (AvgIpc) is 3.16. The van der Waals surface area contributed by atoms with E-state index in [1.54, 1.807) is 72.7 Å². The fourth-order valence-electron chi connectivity index (χ4n) is 3.83. The summed E-state index contributed by atoms with van der Waals surface area (Å²) >= 11 is 6.05.